The second kappa shape index (κ2) is 7.90. The maximum Gasteiger partial charge on any atom is 0.143 e. The van der Waals surface area contributed by atoms with Gasteiger partial charge in [0.15, 0.2) is 0 Å². The van der Waals surface area contributed by atoms with Crippen molar-refractivity contribution in [1.82, 2.24) is 4.57 Å². The van der Waals surface area contributed by atoms with Gasteiger partial charge in [0.25, 0.3) is 0 Å². The van der Waals surface area contributed by atoms with E-state index in [1.165, 1.54) is 10.8 Å². The molecule has 3 aromatic heterocycles. The number of benzene rings is 6. The van der Waals surface area contributed by atoms with Crippen LogP contribution in [0.1, 0.15) is 0 Å². The summed E-state index contributed by atoms with van der Waals surface area (Å²) in [5.74, 6) is 0. The number of fused-ring (bicyclic) bond motifs is 9. The molecule has 0 saturated carbocycles. The molecule has 6 aromatic carbocycles. The number of hydrogen-bond acceptors (Lipinski definition) is 2. The molecule has 0 amide bonds. The molecule has 0 unspecified atom stereocenters. The van der Waals surface area contributed by atoms with Crippen LogP contribution in [0.4, 0.5) is 0 Å². The molecule has 9 rings (SSSR count). The topological polar surface area (TPSA) is 31.2 Å². The van der Waals surface area contributed by atoms with Crippen molar-refractivity contribution in [3.8, 4) is 16.8 Å². The number of para-hydroxylation sites is 4. The lowest BCUT2D eigenvalue weighted by atomic mass is 9.87. The van der Waals surface area contributed by atoms with Gasteiger partial charge in [0, 0.05) is 43.6 Å². The molecule has 3 nitrogen and oxygen atoms in total. The molecule has 0 aliphatic rings. The highest BCUT2D eigenvalue weighted by molar-refractivity contribution is 6.44. The van der Waals surface area contributed by atoms with Gasteiger partial charge >= 0.3 is 0 Å². The van der Waals surface area contributed by atoms with Crippen LogP contribution in [0.5, 0.6) is 0 Å². The summed E-state index contributed by atoms with van der Waals surface area (Å²) in [6.45, 7) is 0. The molecule has 0 saturated heterocycles. The fourth-order valence-electron chi connectivity index (χ4n) is 6.48. The smallest absolute Gasteiger partial charge is 0.143 e. The Morgan fingerprint density at radius 3 is 1.85 bits per heavy atom. The molecule has 9 aromatic rings. The average Bonchev–Trinajstić information content (AvgIpc) is 3.67. The predicted molar refractivity (Wildman–Crippen MR) is 166 cm³/mol. The average molecular weight is 509 g/mol. The Bertz CT molecular complexity index is 2400. The van der Waals surface area contributed by atoms with Crippen molar-refractivity contribution in [3.05, 3.63) is 121 Å². The Kier molecular flexibility index (Phi) is 4.29. The van der Waals surface area contributed by atoms with E-state index in [9.17, 15) is 0 Å². The van der Waals surface area contributed by atoms with E-state index < -0.39 is 0 Å². The van der Waals surface area contributed by atoms with Gasteiger partial charge in [-0.2, -0.15) is 0 Å². The highest BCUT2D eigenvalue weighted by atomic mass is 16.3. The van der Waals surface area contributed by atoms with Crippen LogP contribution in [-0.2, 0) is 0 Å². The molecule has 40 heavy (non-hydrogen) atoms. The van der Waals surface area contributed by atoms with Crippen LogP contribution in [0.2, 0.25) is 0 Å². The Balaban J connectivity index is 1.39. The van der Waals surface area contributed by atoms with E-state index >= 15 is 0 Å². The third-order valence-electron chi connectivity index (χ3n) is 8.20. The fraction of sp³-hybridized carbons (Fsp3) is 0. The SMILES string of the molecule is [B]c1c(-n2c3ccccc3c3ccccc32)ccc2oc3cccc(-c4cccc5c4oc4ccccc45)c3c12. The van der Waals surface area contributed by atoms with E-state index in [0.29, 0.717) is 5.46 Å². The van der Waals surface area contributed by atoms with Gasteiger partial charge in [0.2, 0.25) is 0 Å². The first-order valence-corrected chi connectivity index (χ1v) is 13.4. The summed E-state index contributed by atoms with van der Waals surface area (Å²) in [4.78, 5) is 0. The van der Waals surface area contributed by atoms with Gasteiger partial charge in [0.05, 0.1) is 11.0 Å². The first-order valence-electron chi connectivity index (χ1n) is 13.4. The molecule has 3 heterocycles. The first kappa shape index (κ1) is 21.7. The zero-order valence-corrected chi connectivity index (χ0v) is 21.4. The summed E-state index contributed by atoms with van der Waals surface area (Å²) in [5.41, 5.74) is 9.22. The Morgan fingerprint density at radius 2 is 1.05 bits per heavy atom. The number of nitrogens with zero attached hydrogens (tertiary/aromatic N) is 1. The monoisotopic (exact) mass is 509 g/mol. The molecule has 2 radical (unpaired) electrons. The van der Waals surface area contributed by atoms with Crippen LogP contribution in [0.15, 0.2) is 130 Å². The van der Waals surface area contributed by atoms with Crippen molar-refractivity contribution in [2.24, 2.45) is 0 Å². The minimum Gasteiger partial charge on any atom is -0.456 e. The quantitative estimate of drug-likeness (QED) is 0.218. The molecular formula is C36H20BNO2. The van der Waals surface area contributed by atoms with Crippen molar-refractivity contribution in [2.75, 3.05) is 0 Å². The van der Waals surface area contributed by atoms with Crippen LogP contribution < -0.4 is 5.46 Å². The largest absolute Gasteiger partial charge is 0.456 e. The van der Waals surface area contributed by atoms with Gasteiger partial charge in [0.1, 0.15) is 30.2 Å². The Labute approximate surface area is 230 Å². The first-order chi connectivity index (χ1) is 19.8. The molecule has 0 spiro atoms. The zero-order chi connectivity index (χ0) is 26.4. The molecule has 0 atom stereocenters. The molecule has 4 heteroatoms. The standard InChI is InChI=1S/C36H20BNO2/c37-35-29(38-27-15-4-1-9-21(27)22-10-2-5-16-28(22)38)19-20-32-34(35)33-24(12-8-18-31(33)39-32)26-14-7-13-25-23-11-3-6-17-30(23)40-36(25)26/h1-20H. The van der Waals surface area contributed by atoms with Crippen molar-refractivity contribution in [1.29, 1.82) is 0 Å². The van der Waals surface area contributed by atoms with Gasteiger partial charge in [-0.3, -0.25) is 0 Å². The highest BCUT2D eigenvalue weighted by Crippen LogP contribution is 2.42. The molecule has 184 valence electrons. The number of rotatable bonds is 2. The molecule has 0 aliphatic carbocycles. The molecule has 0 fully saturated rings. The van der Waals surface area contributed by atoms with E-state index in [2.05, 4.69) is 89.5 Å². The van der Waals surface area contributed by atoms with Gasteiger partial charge in [-0.1, -0.05) is 90.4 Å². The van der Waals surface area contributed by atoms with Gasteiger partial charge in [-0.05, 0) is 42.0 Å². The van der Waals surface area contributed by atoms with E-state index in [1.54, 1.807) is 0 Å². The maximum absolute atomic E-state index is 7.12. The summed E-state index contributed by atoms with van der Waals surface area (Å²) in [6.07, 6.45) is 0. The van der Waals surface area contributed by atoms with Gasteiger partial charge in [-0.15, -0.1) is 0 Å². The van der Waals surface area contributed by atoms with Gasteiger partial charge in [-0.25, -0.2) is 0 Å². The third kappa shape index (κ3) is 2.80. The van der Waals surface area contributed by atoms with Crippen LogP contribution in [0.3, 0.4) is 0 Å². The van der Waals surface area contributed by atoms with E-state index in [-0.39, 0.29) is 0 Å². The summed E-state index contributed by atoms with van der Waals surface area (Å²) in [7, 11) is 7.12. The van der Waals surface area contributed by atoms with Crippen LogP contribution >= 0.6 is 0 Å². The molecule has 0 aliphatic heterocycles. The maximum atomic E-state index is 7.12. The summed E-state index contributed by atoms with van der Waals surface area (Å²) < 4.78 is 15.1. The van der Waals surface area contributed by atoms with Crippen LogP contribution in [0, 0.1) is 0 Å². The Morgan fingerprint density at radius 1 is 0.450 bits per heavy atom. The minimum absolute atomic E-state index is 0.687. The molecule has 0 bridgehead atoms. The number of hydrogen-bond donors (Lipinski definition) is 0. The molecule has 0 N–H and O–H groups in total. The van der Waals surface area contributed by atoms with Crippen molar-refractivity contribution >= 4 is 79.0 Å². The lowest BCUT2D eigenvalue weighted by Gasteiger charge is -2.13. The summed E-state index contributed by atoms with van der Waals surface area (Å²) in [6, 6.07) is 41.7. The second-order valence-corrected chi connectivity index (χ2v) is 10.3. The van der Waals surface area contributed by atoms with Crippen molar-refractivity contribution in [2.45, 2.75) is 0 Å². The highest BCUT2D eigenvalue weighted by Gasteiger charge is 2.21. The lowest BCUT2D eigenvalue weighted by molar-refractivity contribution is 0.669. The van der Waals surface area contributed by atoms with E-state index in [0.717, 1.165) is 71.7 Å². The van der Waals surface area contributed by atoms with E-state index in [4.69, 9.17) is 16.7 Å². The normalized spacial score (nSPS) is 12.1. The van der Waals surface area contributed by atoms with Crippen molar-refractivity contribution < 1.29 is 8.83 Å². The summed E-state index contributed by atoms with van der Waals surface area (Å²) in [5, 5.41) is 6.51. The number of furan rings is 2. The molecular weight excluding hydrogens is 489 g/mol. The summed E-state index contributed by atoms with van der Waals surface area (Å²) >= 11 is 0. The number of aromatic nitrogens is 1. The van der Waals surface area contributed by atoms with Crippen molar-refractivity contribution in [3.63, 3.8) is 0 Å². The van der Waals surface area contributed by atoms with Crippen LogP contribution in [0.25, 0.3) is 82.5 Å². The lowest BCUT2D eigenvalue weighted by Crippen LogP contribution is -2.13. The fourth-order valence-corrected chi connectivity index (χ4v) is 6.48. The minimum atomic E-state index is 0.687. The Hall–Kier alpha value is -5.22. The second-order valence-electron chi connectivity index (χ2n) is 10.3. The zero-order valence-electron chi connectivity index (χ0n) is 21.4. The third-order valence-corrected chi connectivity index (χ3v) is 8.20. The van der Waals surface area contributed by atoms with E-state index in [1.807, 2.05) is 36.4 Å². The van der Waals surface area contributed by atoms with Gasteiger partial charge < -0.3 is 13.4 Å². The predicted octanol–water partition coefficient (Wildman–Crippen LogP) is 9.04. The van der Waals surface area contributed by atoms with Crippen LogP contribution in [-0.4, -0.2) is 12.4 Å².